The molecule has 0 aliphatic heterocycles. The first-order valence-corrected chi connectivity index (χ1v) is 21.6. The second kappa shape index (κ2) is 17.1. The average molecular weight is 758 g/mol. The van der Waals surface area contributed by atoms with E-state index in [2.05, 4.69) is 112 Å². The first-order chi connectivity index (χ1) is 25.0. The number of benzene rings is 2. The zero-order valence-electron chi connectivity index (χ0n) is 34.5. The summed E-state index contributed by atoms with van der Waals surface area (Å²) in [5.41, 5.74) is 3.29. The topological polar surface area (TPSA) is 81.2 Å². The molecule has 0 spiro atoms. The number of thiophene rings is 2. The normalized spacial score (nSPS) is 13.8. The maximum atomic E-state index is 10.4. The van der Waals surface area contributed by atoms with Crippen LogP contribution in [0.5, 0.6) is 11.5 Å². The molecule has 5 aromatic rings. The molecular weight excluding hydrogens is 695 g/mol. The number of rotatable bonds is 17. The van der Waals surface area contributed by atoms with Crippen LogP contribution in [0.15, 0.2) is 22.8 Å². The largest absolute Gasteiger partial charge is 0.491 e. The molecule has 2 aromatic carbocycles. The summed E-state index contributed by atoms with van der Waals surface area (Å²) in [5, 5.41) is 21.3. The van der Waals surface area contributed by atoms with Crippen molar-refractivity contribution in [2.45, 2.75) is 145 Å². The third kappa shape index (κ3) is 9.75. The van der Waals surface area contributed by atoms with Crippen molar-refractivity contribution in [1.82, 2.24) is 10.3 Å². The van der Waals surface area contributed by atoms with Gasteiger partial charge >= 0.3 is 0 Å². The van der Waals surface area contributed by atoms with Gasteiger partial charge in [-0.15, -0.1) is 22.7 Å². The van der Waals surface area contributed by atoms with Gasteiger partial charge in [-0.3, -0.25) is 0 Å². The van der Waals surface area contributed by atoms with Crippen molar-refractivity contribution in [2.75, 3.05) is 13.2 Å². The Morgan fingerprint density at radius 3 is 1.72 bits per heavy atom. The van der Waals surface area contributed by atoms with Gasteiger partial charge < -0.3 is 9.47 Å². The van der Waals surface area contributed by atoms with Gasteiger partial charge in [0.25, 0.3) is 0 Å². The first-order valence-electron chi connectivity index (χ1n) is 20.0. The molecule has 288 valence electrons. The van der Waals surface area contributed by atoms with Crippen LogP contribution in [0, 0.1) is 35.0 Å². The van der Waals surface area contributed by atoms with E-state index in [0.29, 0.717) is 41.6 Å². The number of fused-ring (bicyclic) bond motifs is 3. The van der Waals surface area contributed by atoms with E-state index >= 15 is 0 Å². The van der Waals surface area contributed by atoms with Gasteiger partial charge in [-0.2, -0.15) is 5.26 Å². The average Bonchev–Trinajstić information content (AvgIpc) is 3.83. The lowest BCUT2D eigenvalue weighted by atomic mass is 9.82. The summed E-state index contributed by atoms with van der Waals surface area (Å²) < 4.78 is 21.4. The lowest BCUT2D eigenvalue weighted by Gasteiger charge is -2.21. The summed E-state index contributed by atoms with van der Waals surface area (Å²) in [4.78, 5) is 2.31. The van der Waals surface area contributed by atoms with E-state index in [4.69, 9.17) is 14.1 Å². The molecular formula is C45H63N3O3S2. The fourth-order valence-corrected chi connectivity index (χ4v) is 9.64. The summed E-state index contributed by atoms with van der Waals surface area (Å²) in [7, 11) is 0. The van der Waals surface area contributed by atoms with E-state index in [1.807, 2.05) is 17.4 Å². The quantitative estimate of drug-likeness (QED) is 0.0939. The van der Waals surface area contributed by atoms with Crippen LogP contribution in [0.4, 0.5) is 0 Å². The molecule has 0 radical (unpaired) electrons. The van der Waals surface area contributed by atoms with E-state index < -0.39 is 0 Å². The van der Waals surface area contributed by atoms with Crippen LogP contribution in [0.1, 0.15) is 150 Å². The number of hydrogen-bond acceptors (Lipinski definition) is 8. The lowest BCUT2D eigenvalue weighted by molar-refractivity contribution is 0.277. The van der Waals surface area contributed by atoms with Crippen molar-refractivity contribution in [3.05, 3.63) is 34.2 Å². The number of ether oxygens (including phenoxy) is 2. The fraction of sp³-hybridized carbons (Fsp3) is 0.622. The predicted molar refractivity (Wildman–Crippen MR) is 226 cm³/mol. The van der Waals surface area contributed by atoms with Crippen LogP contribution >= 0.6 is 22.7 Å². The maximum absolute atomic E-state index is 10.4. The second-order valence-electron chi connectivity index (χ2n) is 18.4. The highest BCUT2D eigenvalue weighted by molar-refractivity contribution is 7.23. The molecule has 0 fully saturated rings. The molecule has 5 rings (SSSR count). The Hall–Kier alpha value is -3.15. The lowest BCUT2D eigenvalue weighted by Crippen LogP contribution is -2.14. The van der Waals surface area contributed by atoms with Gasteiger partial charge in [0.05, 0.1) is 34.2 Å². The number of nitriles is 1. The van der Waals surface area contributed by atoms with Gasteiger partial charge in [0.15, 0.2) is 0 Å². The van der Waals surface area contributed by atoms with Crippen LogP contribution in [0.3, 0.4) is 0 Å². The van der Waals surface area contributed by atoms with Crippen molar-refractivity contribution in [2.24, 2.45) is 23.7 Å². The Kier molecular flexibility index (Phi) is 13.2. The van der Waals surface area contributed by atoms with E-state index in [1.54, 1.807) is 11.3 Å². The highest BCUT2D eigenvalue weighted by Gasteiger charge is 2.29. The molecule has 3 heterocycles. The number of hydrogen-bond donors (Lipinski definition) is 0. The Morgan fingerprint density at radius 2 is 1.21 bits per heavy atom. The monoisotopic (exact) mass is 757 g/mol. The van der Waals surface area contributed by atoms with Crippen LogP contribution < -0.4 is 9.47 Å². The molecule has 0 bridgehead atoms. The molecule has 3 aromatic heterocycles. The van der Waals surface area contributed by atoms with Gasteiger partial charge in [0.2, 0.25) is 0 Å². The Bertz CT molecular complexity index is 1950. The molecule has 0 N–H and O–H groups in total. The first kappa shape index (κ1) is 41.0. The zero-order valence-corrected chi connectivity index (χ0v) is 36.1. The van der Waals surface area contributed by atoms with Gasteiger partial charge in [-0.25, -0.2) is 4.63 Å². The molecule has 0 amide bonds. The van der Waals surface area contributed by atoms with Crippen molar-refractivity contribution in [3.8, 4) is 28.0 Å². The highest BCUT2D eigenvalue weighted by Crippen LogP contribution is 2.53. The van der Waals surface area contributed by atoms with Crippen molar-refractivity contribution in [3.63, 3.8) is 0 Å². The third-order valence-electron chi connectivity index (χ3n) is 10.5. The fourth-order valence-electron chi connectivity index (χ4n) is 7.23. The Balaban J connectivity index is 1.63. The highest BCUT2D eigenvalue weighted by atomic mass is 32.1. The minimum Gasteiger partial charge on any atom is -0.491 e. The molecule has 0 aliphatic rings. The van der Waals surface area contributed by atoms with Gasteiger partial charge in [0.1, 0.15) is 22.5 Å². The van der Waals surface area contributed by atoms with E-state index in [-0.39, 0.29) is 10.8 Å². The molecule has 0 saturated carbocycles. The smallest absolute Gasteiger partial charge is 0.146 e. The van der Waals surface area contributed by atoms with Gasteiger partial charge in [-0.1, -0.05) is 122 Å². The van der Waals surface area contributed by atoms with Crippen LogP contribution in [0.2, 0.25) is 0 Å². The Labute approximate surface area is 326 Å². The third-order valence-corrected chi connectivity index (χ3v) is 13.2. The van der Waals surface area contributed by atoms with Crippen molar-refractivity contribution >= 4 is 53.9 Å². The van der Waals surface area contributed by atoms with Gasteiger partial charge in [0, 0.05) is 31.7 Å². The summed E-state index contributed by atoms with van der Waals surface area (Å²) in [6.45, 7) is 28.4. The molecule has 53 heavy (non-hydrogen) atoms. The molecule has 2 atom stereocenters. The van der Waals surface area contributed by atoms with Crippen molar-refractivity contribution < 1.29 is 14.1 Å². The summed E-state index contributed by atoms with van der Waals surface area (Å²) >= 11 is 3.51. The molecule has 0 saturated heterocycles. The number of nitrogens with zero attached hydrogens (tertiary/aromatic N) is 3. The van der Waals surface area contributed by atoms with E-state index in [0.717, 1.165) is 72.4 Å². The maximum Gasteiger partial charge on any atom is 0.146 e. The van der Waals surface area contributed by atoms with E-state index in [1.165, 1.54) is 43.4 Å². The minimum absolute atomic E-state index is 0.0132. The van der Waals surface area contributed by atoms with Crippen LogP contribution in [-0.2, 0) is 10.8 Å². The predicted octanol–water partition coefficient (Wildman–Crippen LogP) is 14.2. The van der Waals surface area contributed by atoms with Crippen LogP contribution in [0.25, 0.3) is 41.6 Å². The number of aromatic nitrogens is 2. The SMILES string of the molecule is CC(C)CCCC(C)CCOc1c2cc(C(C)(C)C)sc2c(OCCC(C)CCCC(C)C)c2cc(-c3cc(C#N)c(C(C)(C)C)c4nonc34)sc12. The van der Waals surface area contributed by atoms with Crippen LogP contribution in [-0.4, -0.2) is 23.5 Å². The second-order valence-corrected chi connectivity index (χ2v) is 20.5. The molecule has 2 unspecified atom stereocenters. The Morgan fingerprint density at radius 1 is 0.679 bits per heavy atom. The molecule has 6 nitrogen and oxygen atoms in total. The van der Waals surface area contributed by atoms with Gasteiger partial charge in [-0.05, 0) is 75.9 Å². The van der Waals surface area contributed by atoms with Crippen molar-refractivity contribution in [1.29, 1.82) is 5.26 Å². The van der Waals surface area contributed by atoms with E-state index in [9.17, 15) is 5.26 Å². The zero-order chi connectivity index (χ0) is 38.7. The molecule has 0 aliphatic carbocycles. The molecule has 8 heteroatoms. The summed E-state index contributed by atoms with van der Waals surface area (Å²) in [5.74, 6) is 4.53. The standard InChI is InChI=1S/C45H63N3O3S2/c1-27(2)15-13-17-29(5)19-21-49-40-33-24-35(32-23-31(26-46)37(45(10,11)12)39-38(32)47-51-48-39)52-42(33)41(34-25-36(44(7,8)9)53-43(34)40)50-22-20-30(6)18-14-16-28(3)4/h23-25,27-30H,13-22H2,1-12H3. The summed E-state index contributed by atoms with van der Waals surface area (Å²) in [6.07, 6.45) is 9.51. The summed E-state index contributed by atoms with van der Waals surface area (Å²) in [6, 6.07) is 8.99. The minimum atomic E-state index is -0.310.